The molecule has 1 aromatic carbocycles. The maximum Gasteiger partial charge on any atom is 0.240 e. The highest BCUT2D eigenvalue weighted by molar-refractivity contribution is 5.87. The van der Waals surface area contributed by atoms with E-state index < -0.39 is 11.9 Å². The lowest BCUT2D eigenvalue weighted by molar-refractivity contribution is -0.141. The zero-order valence-electron chi connectivity index (χ0n) is 12.5. The van der Waals surface area contributed by atoms with Crippen molar-refractivity contribution in [3.63, 3.8) is 0 Å². The highest BCUT2D eigenvalue weighted by atomic mass is 16.5. The molecule has 22 heavy (non-hydrogen) atoms. The van der Waals surface area contributed by atoms with Crippen LogP contribution in [0.2, 0.25) is 0 Å². The Hall–Kier alpha value is -1.92. The highest BCUT2D eigenvalue weighted by Gasteiger charge is 2.34. The summed E-state index contributed by atoms with van der Waals surface area (Å²) >= 11 is 0. The Bertz CT molecular complexity index is 570. The highest BCUT2D eigenvalue weighted by Crippen LogP contribution is 2.24. The van der Waals surface area contributed by atoms with Crippen LogP contribution in [0.15, 0.2) is 24.3 Å². The number of morpholine rings is 1. The summed E-state index contributed by atoms with van der Waals surface area (Å²) in [6.45, 7) is 2.39. The average Bonchev–Trinajstić information content (AvgIpc) is 2.54. The maximum atomic E-state index is 12.6. The summed E-state index contributed by atoms with van der Waals surface area (Å²) in [5.41, 5.74) is 7.69. The molecule has 3 rings (SSSR count). The van der Waals surface area contributed by atoms with Crippen LogP contribution in [0.25, 0.3) is 0 Å². The van der Waals surface area contributed by atoms with Crippen LogP contribution in [-0.2, 0) is 27.3 Å². The largest absolute Gasteiger partial charge is 0.378 e. The van der Waals surface area contributed by atoms with Gasteiger partial charge in [-0.05, 0) is 11.1 Å². The minimum atomic E-state index is -0.563. The van der Waals surface area contributed by atoms with Crippen LogP contribution in [0.3, 0.4) is 0 Å². The van der Waals surface area contributed by atoms with Crippen LogP contribution in [0.1, 0.15) is 17.5 Å². The van der Waals surface area contributed by atoms with E-state index in [1.165, 1.54) is 0 Å². The molecule has 0 spiro atoms. The zero-order valence-corrected chi connectivity index (χ0v) is 12.5. The molecule has 0 bridgehead atoms. The second kappa shape index (κ2) is 6.46. The predicted octanol–water partition coefficient (Wildman–Crippen LogP) is -0.196. The predicted molar refractivity (Wildman–Crippen MR) is 80.9 cm³/mol. The van der Waals surface area contributed by atoms with Gasteiger partial charge >= 0.3 is 0 Å². The fraction of sp³-hybridized carbons (Fsp3) is 0.500. The number of ether oxygens (including phenoxy) is 1. The number of hydrogen-bond donors (Lipinski definition) is 2. The van der Waals surface area contributed by atoms with Gasteiger partial charge in [0, 0.05) is 32.0 Å². The molecule has 0 saturated carbocycles. The number of primary amides is 1. The summed E-state index contributed by atoms with van der Waals surface area (Å²) in [5.74, 6) is -0.503. The van der Waals surface area contributed by atoms with Crippen molar-refractivity contribution in [2.24, 2.45) is 5.73 Å². The van der Waals surface area contributed by atoms with E-state index in [9.17, 15) is 9.59 Å². The van der Waals surface area contributed by atoms with Crippen LogP contribution in [0.5, 0.6) is 0 Å². The van der Waals surface area contributed by atoms with E-state index in [1.54, 1.807) is 4.90 Å². The third kappa shape index (κ3) is 3.13. The number of carbonyl (C=O) groups excluding carboxylic acids is 2. The third-order valence-corrected chi connectivity index (χ3v) is 4.32. The number of benzene rings is 1. The molecule has 2 aliphatic rings. The van der Waals surface area contributed by atoms with Gasteiger partial charge in [-0.25, -0.2) is 0 Å². The third-order valence-electron chi connectivity index (χ3n) is 4.32. The molecule has 3 N–H and O–H groups in total. The van der Waals surface area contributed by atoms with E-state index in [0.29, 0.717) is 32.6 Å². The van der Waals surface area contributed by atoms with Gasteiger partial charge in [0.05, 0.1) is 13.2 Å². The number of carbonyl (C=O) groups is 2. The van der Waals surface area contributed by atoms with Crippen LogP contribution in [0.4, 0.5) is 0 Å². The van der Waals surface area contributed by atoms with Crippen molar-refractivity contribution in [3.05, 3.63) is 35.4 Å². The van der Waals surface area contributed by atoms with Crippen molar-refractivity contribution in [2.75, 3.05) is 19.8 Å². The second-order valence-corrected chi connectivity index (χ2v) is 5.84. The first-order valence-corrected chi connectivity index (χ1v) is 7.62. The molecule has 0 radical (unpaired) electrons. The molecule has 2 atom stereocenters. The van der Waals surface area contributed by atoms with Crippen LogP contribution in [-0.4, -0.2) is 48.6 Å². The lowest BCUT2D eigenvalue weighted by Gasteiger charge is -2.36. The van der Waals surface area contributed by atoms with E-state index in [-0.39, 0.29) is 11.9 Å². The Balaban J connectivity index is 1.75. The fourth-order valence-electron chi connectivity index (χ4n) is 3.12. The molecule has 2 aliphatic heterocycles. The van der Waals surface area contributed by atoms with Gasteiger partial charge in [-0.1, -0.05) is 24.3 Å². The quantitative estimate of drug-likeness (QED) is 0.810. The Morgan fingerprint density at radius 2 is 2.09 bits per heavy atom. The molecular formula is C16H21N3O3. The number of nitrogens with zero attached hydrogens (tertiary/aromatic N) is 1. The molecule has 0 aliphatic carbocycles. The van der Waals surface area contributed by atoms with E-state index >= 15 is 0 Å². The van der Waals surface area contributed by atoms with Gasteiger partial charge in [0.15, 0.2) is 0 Å². The monoisotopic (exact) mass is 303 g/mol. The first kappa shape index (κ1) is 15.0. The Labute approximate surface area is 129 Å². The van der Waals surface area contributed by atoms with Crippen molar-refractivity contribution >= 4 is 11.8 Å². The molecule has 2 heterocycles. The molecule has 6 heteroatoms. The van der Waals surface area contributed by atoms with Gasteiger partial charge in [0.25, 0.3) is 0 Å². The normalized spacial score (nSPS) is 24.6. The molecule has 118 valence electrons. The van der Waals surface area contributed by atoms with Crippen molar-refractivity contribution in [1.29, 1.82) is 0 Å². The Morgan fingerprint density at radius 1 is 1.32 bits per heavy atom. The molecule has 1 fully saturated rings. The van der Waals surface area contributed by atoms with Gasteiger partial charge in [0.1, 0.15) is 6.04 Å². The minimum Gasteiger partial charge on any atom is -0.378 e. The van der Waals surface area contributed by atoms with E-state index in [0.717, 1.165) is 17.7 Å². The summed E-state index contributed by atoms with van der Waals surface area (Å²) in [4.78, 5) is 26.0. The number of fused-ring (bicyclic) bond motifs is 1. The molecular weight excluding hydrogens is 282 g/mol. The fourth-order valence-corrected chi connectivity index (χ4v) is 3.12. The number of nitrogens with two attached hydrogens (primary N) is 1. The molecule has 2 amide bonds. The van der Waals surface area contributed by atoms with Crippen molar-refractivity contribution in [3.8, 4) is 0 Å². The number of rotatable bonds is 3. The lowest BCUT2D eigenvalue weighted by atomic mass is 9.93. The van der Waals surface area contributed by atoms with Crippen molar-refractivity contribution in [1.82, 2.24) is 10.2 Å². The second-order valence-electron chi connectivity index (χ2n) is 5.84. The summed E-state index contributed by atoms with van der Waals surface area (Å²) < 4.78 is 5.38. The topological polar surface area (TPSA) is 84.7 Å². The van der Waals surface area contributed by atoms with Gasteiger partial charge < -0.3 is 20.7 Å². The molecule has 1 aromatic rings. The van der Waals surface area contributed by atoms with Crippen LogP contribution < -0.4 is 11.1 Å². The van der Waals surface area contributed by atoms with E-state index in [1.807, 2.05) is 24.3 Å². The van der Waals surface area contributed by atoms with Crippen LogP contribution in [0, 0.1) is 0 Å². The van der Waals surface area contributed by atoms with Gasteiger partial charge in [-0.3, -0.25) is 9.59 Å². The van der Waals surface area contributed by atoms with Crippen molar-refractivity contribution in [2.45, 2.75) is 31.5 Å². The Morgan fingerprint density at radius 3 is 2.77 bits per heavy atom. The smallest absolute Gasteiger partial charge is 0.240 e. The van der Waals surface area contributed by atoms with Crippen molar-refractivity contribution < 1.29 is 14.3 Å². The van der Waals surface area contributed by atoms with Gasteiger partial charge in [0.2, 0.25) is 11.8 Å². The zero-order chi connectivity index (χ0) is 15.5. The summed E-state index contributed by atoms with van der Waals surface area (Å²) in [7, 11) is 0. The standard InChI is InChI=1S/C16H21N3O3/c17-16(21)14-7-11-3-1-2-4-12(11)9-19(14)15(20)8-13-10-22-6-5-18-13/h1-4,13-14,18H,5-10H2,(H2,17,21). The molecule has 1 saturated heterocycles. The van der Waals surface area contributed by atoms with Gasteiger partial charge in [-0.15, -0.1) is 0 Å². The lowest BCUT2D eigenvalue weighted by Crippen LogP contribution is -2.53. The first-order chi connectivity index (χ1) is 10.6. The molecule has 6 nitrogen and oxygen atoms in total. The summed E-state index contributed by atoms with van der Waals surface area (Å²) in [5, 5.41) is 3.26. The Kier molecular flexibility index (Phi) is 4.40. The number of amides is 2. The maximum absolute atomic E-state index is 12.6. The summed E-state index contributed by atoms with van der Waals surface area (Å²) in [6, 6.07) is 7.32. The van der Waals surface area contributed by atoms with E-state index in [4.69, 9.17) is 10.5 Å². The average molecular weight is 303 g/mol. The minimum absolute atomic E-state index is 0.00643. The van der Waals surface area contributed by atoms with E-state index in [2.05, 4.69) is 5.32 Å². The SMILES string of the molecule is NC(=O)C1Cc2ccccc2CN1C(=O)CC1COCCN1. The first-order valence-electron chi connectivity index (χ1n) is 7.62. The van der Waals surface area contributed by atoms with Crippen LogP contribution >= 0.6 is 0 Å². The number of nitrogens with one attached hydrogen (secondary N) is 1. The number of hydrogen-bond acceptors (Lipinski definition) is 4. The summed E-state index contributed by atoms with van der Waals surface area (Å²) in [6.07, 6.45) is 0.817. The molecule has 2 unspecified atom stereocenters. The molecule has 0 aromatic heterocycles. The van der Waals surface area contributed by atoms with Gasteiger partial charge in [-0.2, -0.15) is 0 Å².